The number of nitrogens with one attached hydrogen (secondary N) is 2. The number of hydrogen-bond donors (Lipinski definition) is 2. The van der Waals surface area contributed by atoms with Gasteiger partial charge in [0.2, 0.25) is 5.95 Å². The van der Waals surface area contributed by atoms with Crippen molar-refractivity contribution in [2.24, 2.45) is 0 Å². The number of rotatable bonds is 7. The van der Waals surface area contributed by atoms with Crippen LogP contribution in [0.1, 0.15) is 23.7 Å². The minimum absolute atomic E-state index is 0.308. The highest BCUT2D eigenvalue weighted by molar-refractivity contribution is 5.96. The van der Waals surface area contributed by atoms with Gasteiger partial charge in [0.25, 0.3) is 5.92 Å². The second kappa shape index (κ2) is 9.14. The first kappa shape index (κ1) is 23.0. The first-order chi connectivity index (χ1) is 16.9. The first-order valence-corrected chi connectivity index (χ1v) is 11.2. The Morgan fingerprint density at radius 1 is 1.09 bits per heavy atom. The Balaban J connectivity index is 1.58. The number of piperidine rings is 1. The highest BCUT2D eigenvalue weighted by Gasteiger charge is 2.38. The number of benzene rings is 2. The second-order valence-electron chi connectivity index (χ2n) is 8.42. The maximum Gasteiger partial charge on any atom is 0.261 e. The van der Waals surface area contributed by atoms with Gasteiger partial charge in [-0.1, -0.05) is 6.07 Å². The average molecular weight is 485 g/mol. The number of methoxy groups -OCH3 is 3. The van der Waals surface area contributed by atoms with Crippen molar-refractivity contribution in [1.29, 1.82) is 0 Å². The van der Waals surface area contributed by atoms with Crippen molar-refractivity contribution in [3.63, 3.8) is 0 Å². The molecule has 1 fully saturated rings. The molecule has 0 aliphatic carbocycles. The smallest absolute Gasteiger partial charge is 0.261 e. The van der Waals surface area contributed by atoms with Gasteiger partial charge >= 0.3 is 0 Å². The number of aromatic nitrogens is 4. The molecule has 0 radical (unpaired) electrons. The molecule has 2 N–H and O–H groups in total. The minimum atomic E-state index is -2.81. The van der Waals surface area contributed by atoms with Crippen LogP contribution in [0.3, 0.4) is 0 Å². The van der Waals surface area contributed by atoms with E-state index in [1.54, 1.807) is 31.9 Å². The van der Waals surface area contributed by atoms with E-state index >= 15 is 0 Å². The minimum Gasteiger partial charge on any atom is -0.497 e. The zero-order valence-corrected chi connectivity index (χ0v) is 19.6. The van der Waals surface area contributed by atoms with Crippen LogP contribution in [0.25, 0.3) is 16.6 Å². The lowest BCUT2D eigenvalue weighted by Gasteiger charge is -2.27. The summed E-state index contributed by atoms with van der Waals surface area (Å²) in [6.07, 6.45) is -0.308. The summed E-state index contributed by atoms with van der Waals surface area (Å²) in [4.78, 5) is 9.44. The third kappa shape index (κ3) is 4.39. The molecule has 35 heavy (non-hydrogen) atoms. The van der Waals surface area contributed by atoms with Crippen molar-refractivity contribution in [1.82, 2.24) is 24.9 Å². The van der Waals surface area contributed by atoms with Gasteiger partial charge < -0.3 is 24.8 Å². The van der Waals surface area contributed by atoms with Crippen molar-refractivity contribution in [3.05, 3.63) is 47.8 Å². The lowest BCUT2D eigenvalue weighted by Crippen LogP contribution is -2.43. The van der Waals surface area contributed by atoms with Crippen LogP contribution in [0.15, 0.2) is 36.4 Å². The third-order valence-corrected chi connectivity index (χ3v) is 6.12. The molecule has 4 aromatic rings. The van der Waals surface area contributed by atoms with Crippen LogP contribution >= 0.6 is 0 Å². The van der Waals surface area contributed by atoms with Gasteiger partial charge in [-0.3, -0.25) is 0 Å². The van der Waals surface area contributed by atoms with Crippen LogP contribution in [-0.4, -0.2) is 59.9 Å². The number of hydrogen-bond acceptors (Lipinski definition) is 8. The van der Waals surface area contributed by atoms with Gasteiger partial charge in [0.15, 0.2) is 11.5 Å². The van der Waals surface area contributed by atoms with E-state index in [9.17, 15) is 8.78 Å². The van der Waals surface area contributed by atoms with Crippen molar-refractivity contribution in [2.75, 3.05) is 39.7 Å². The standard InChI is InChI=1S/C24H26F2N6O3/c1-33-16-8-7-14(19(9-16)35-3)12-28-23-29-20-17(5-4-6-18(20)34-2)22-30-21(31-32(22)23)15-10-24(25,26)13-27-11-15/h4-9,15,27H,10-13H2,1-3H3,(H,28,29)/t15-/m1/s1. The summed E-state index contributed by atoms with van der Waals surface area (Å²) in [7, 11) is 4.75. The topological polar surface area (TPSA) is 94.8 Å². The molecule has 0 amide bonds. The summed E-state index contributed by atoms with van der Waals surface area (Å²) in [6.45, 7) is 0.413. The number of ether oxygens (including phenoxy) is 3. The van der Waals surface area contributed by atoms with Gasteiger partial charge in [-0.15, -0.1) is 5.10 Å². The molecule has 0 saturated carbocycles. The zero-order chi connectivity index (χ0) is 24.6. The van der Waals surface area contributed by atoms with Gasteiger partial charge in [-0.2, -0.15) is 4.52 Å². The molecule has 2 aromatic heterocycles. The van der Waals surface area contributed by atoms with Crippen molar-refractivity contribution in [3.8, 4) is 17.2 Å². The van der Waals surface area contributed by atoms with Gasteiger partial charge in [0.1, 0.15) is 22.8 Å². The fourth-order valence-corrected chi connectivity index (χ4v) is 4.36. The Hall–Kier alpha value is -3.73. The number of halogens is 2. The Labute approximate surface area is 200 Å². The van der Waals surface area contributed by atoms with E-state index in [0.29, 0.717) is 58.7 Å². The third-order valence-electron chi connectivity index (χ3n) is 6.12. The molecule has 3 heterocycles. The SMILES string of the molecule is COc1ccc(CNc2nc3c(OC)cccc3c3nc([C@H]4CNCC(F)(F)C4)nn23)c(OC)c1. The van der Waals surface area contributed by atoms with Gasteiger partial charge in [-0.25, -0.2) is 18.7 Å². The van der Waals surface area contributed by atoms with Crippen LogP contribution < -0.4 is 24.8 Å². The molecule has 184 valence electrons. The number of fused-ring (bicyclic) bond motifs is 3. The van der Waals surface area contributed by atoms with Crippen LogP contribution in [0.2, 0.25) is 0 Å². The summed E-state index contributed by atoms with van der Waals surface area (Å²) >= 11 is 0. The summed E-state index contributed by atoms with van der Waals surface area (Å²) in [6, 6.07) is 11.0. The molecule has 11 heteroatoms. The number of alkyl halides is 2. The normalized spacial score (nSPS) is 17.5. The molecule has 9 nitrogen and oxygen atoms in total. The molecule has 1 atom stereocenters. The van der Waals surface area contributed by atoms with Gasteiger partial charge in [0, 0.05) is 42.4 Å². The summed E-state index contributed by atoms with van der Waals surface area (Å²) in [5.41, 5.74) is 1.99. The molecule has 1 aliphatic heterocycles. The van der Waals surface area contributed by atoms with Crippen LogP contribution in [0.4, 0.5) is 14.7 Å². The monoisotopic (exact) mass is 484 g/mol. The largest absolute Gasteiger partial charge is 0.497 e. The van der Waals surface area contributed by atoms with E-state index in [2.05, 4.69) is 20.7 Å². The molecule has 0 spiro atoms. The number of para-hydroxylation sites is 1. The number of anilines is 1. The van der Waals surface area contributed by atoms with Gasteiger partial charge in [0.05, 0.1) is 27.9 Å². The lowest BCUT2D eigenvalue weighted by molar-refractivity contribution is -0.0286. The Kier molecular flexibility index (Phi) is 6.01. The van der Waals surface area contributed by atoms with E-state index in [1.807, 2.05) is 30.3 Å². The predicted octanol–water partition coefficient (Wildman–Crippen LogP) is 3.63. The van der Waals surface area contributed by atoms with Crippen molar-refractivity contribution >= 4 is 22.5 Å². The van der Waals surface area contributed by atoms with E-state index in [1.165, 1.54) is 0 Å². The molecule has 0 unspecified atom stereocenters. The number of nitrogens with zero attached hydrogens (tertiary/aromatic N) is 4. The summed E-state index contributed by atoms with van der Waals surface area (Å²) in [5.74, 6) is -0.667. The van der Waals surface area contributed by atoms with Crippen LogP contribution in [0, 0.1) is 0 Å². The molecule has 5 rings (SSSR count). The first-order valence-electron chi connectivity index (χ1n) is 11.2. The molecule has 1 aliphatic rings. The highest BCUT2D eigenvalue weighted by Crippen LogP contribution is 2.34. The summed E-state index contributed by atoms with van der Waals surface area (Å²) in [5, 5.41) is 11.4. The zero-order valence-electron chi connectivity index (χ0n) is 19.6. The molecule has 2 aromatic carbocycles. The Morgan fingerprint density at radius 2 is 1.91 bits per heavy atom. The second-order valence-corrected chi connectivity index (χ2v) is 8.42. The predicted molar refractivity (Wildman–Crippen MR) is 127 cm³/mol. The molecular formula is C24H26F2N6O3. The fourth-order valence-electron chi connectivity index (χ4n) is 4.36. The maximum absolute atomic E-state index is 14.1. The van der Waals surface area contributed by atoms with E-state index in [0.717, 1.165) is 5.56 Å². The van der Waals surface area contributed by atoms with E-state index in [-0.39, 0.29) is 13.0 Å². The molecule has 1 saturated heterocycles. The highest BCUT2D eigenvalue weighted by atomic mass is 19.3. The van der Waals surface area contributed by atoms with E-state index < -0.39 is 11.8 Å². The Morgan fingerprint density at radius 3 is 2.66 bits per heavy atom. The maximum atomic E-state index is 14.1. The van der Waals surface area contributed by atoms with Crippen LogP contribution in [-0.2, 0) is 6.54 Å². The van der Waals surface area contributed by atoms with Gasteiger partial charge in [-0.05, 0) is 24.3 Å². The molecule has 0 bridgehead atoms. The van der Waals surface area contributed by atoms with Crippen LogP contribution in [0.5, 0.6) is 17.2 Å². The molecular weight excluding hydrogens is 458 g/mol. The fraction of sp³-hybridized carbons (Fsp3) is 0.375. The quantitative estimate of drug-likeness (QED) is 0.411. The van der Waals surface area contributed by atoms with Crippen molar-refractivity contribution in [2.45, 2.75) is 24.8 Å². The summed E-state index contributed by atoms with van der Waals surface area (Å²) < 4.78 is 46.0. The lowest BCUT2D eigenvalue weighted by atomic mass is 9.96. The average Bonchev–Trinajstić information content (AvgIpc) is 3.32. The van der Waals surface area contributed by atoms with Crippen molar-refractivity contribution < 1.29 is 23.0 Å². The van der Waals surface area contributed by atoms with E-state index in [4.69, 9.17) is 19.2 Å². The Bertz CT molecular complexity index is 1380.